The first-order valence-electron chi connectivity index (χ1n) is 14.5. The third-order valence-electron chi connectivity index (χ3n) is 8.07. The molecule has 0 amide bonds. The molecule has 232 valence electrons. The molecule has 8 nitrogen and oxygen atoms in total. The number of halogens is 3. The summed E-state index contributed by atoms with van der Waals surface area (Å²) in [5, 5.41) is 7.11. The standard InChI is InChI=1S/C32H32F3N3O5S/c1-18-14-23(15-19(2)38(18)31-36-26(17-44-31)20-8-12-22(13-9-20)30(39)40-3)41-16-25-28(37-43-29(25)21-10-11-21)24-6-4-5-7-27(24)42-32(33,34)35/h4-9,12-13,17-19,21,23H,10-11,14-16H2,1-3H3/t18-,19+,23+. The summed E-state index contributed by atoms with van der Waals surface area (Å²) >= 11 is 1.57. The summed E-state index contributed by atoms with van der Waals surface area (Å²) in [5.41, 5.74) is 3.45. The van der Waals surface area contributed by atoms with Gasteiger partial charge < -0.3 is 23.6 Å². The van der Waals surface area contributed by atoms with Gasteiger partial charge in [-0.2, -0.15) is 0 Å². The van der Waals surface area contributed by atoms with Gasteiger partial charge >= 0.3 is 12.3 Å². The summed E-state index contributed by atoms with van der Waals surface area (Å²) in [7, 11) is 1.36. The van der Waals surface area contributed by atoms with Crippen molar-refractivity contribution in [2.45, 2.75) is 76.6 Å². The molecular formula is C32H32F3N3O5S. The van der Waals surface area contributed by atoms with E-state index >= 15 is 0 Å². The number of nitrogens with zero attached hydrogens (tertiary/aromatic N) is 3. The number of benzene rings is 2. The average molecular weight is 628 g/mol. The number of anilines is 1. The first-order chi connectivity index (χ1) is 21.1. The van der Waals surface area contributed by atoms with E-state index in [4.69, 9.17) is 19.0 Å². The van der Waals surface area contributed by atoms with Gasteiger partial charge in [-0.15, -0.1) is 24.5 Å². The molecular weight excluding hydrogens is 595 g/mol. The van der Waals surface area contributed by atoms with Crippen LogP contribution >= 0.6 is 11.3 Å². The number of ether oxygens (including phenoxy) is 3. The van der Waals surface area contributed by atoms with Crippen LogP contribution in [-0.4, -0.2) is 47.8 Å². The molecule has 0 bridgehead atoms. The Hall–Kier alpha value is -3.90. The van der Waals surface area contributed by atoms with Crippen LogP contribution in [-0.2, 0) is 16.1 Å². The van der Waals surface area contributed by atoms with Crippen LogP contribution in [0.1, 0.15) is 67.1 Å². The van der Waals surface area contributed by atoms with Crippen molar-refractivity contribution in [3.63, 3.8) is 0 Å². The highest BCUT2D eigenvalue weighted by Crippen LogP contribution is 2.46. The number of piperidine rings is 1. The zero-order valence-electron chi connectivity index (χ0n) is 24.5. The van der Waals surface area contributed by atoms with Crippen LogP contribution < -0.4 is 9.64 Å². The minimum absolute atomic E-state index is 0.0713. The number of esters is 1. The molecule has 1 saturated heterocycles. The molecule has 1 saturated carbocycles. The molecule has 2 fully saturated rings. The second kappa shape index (κ2) is 12.2. The van der Waals surface area contributed by atoms with E-state index in [1.54, 1.807) is 35.6 Å². The van der Waals surface area contributed by atoms with Crippen LogP contribution in [0.3, 0.4) is 0 Å². The zero-order valence-corrected chi connectivity index (χ0v) is 25.3. The van der Waals surface area contributed by atoms with E-state index in [0.29, 0.717) is 22.6 Å². The Labute approximate surface area is 256 Å². The van der Waals surface area contributed by atoms with Gasteiger partial charge in [0.25, 0.3) is 0 Å². The van der Waals surface area contributed by atoms with Crippen LogP contribution in [0.4, 0.5) is 18.3 Å². The largest absolute Gasteiger partial charge is 0.573 e. The summed E-state index contributed by atoms with van der Waals surface area (Å²) in [6, 6.07) is 13.4. The lowest BCUT2D eigenvalue weighted by Crippen LogP contribution is -2.49. The normalized spacial score (nSPS) is 20.5. The Morgan fingerprint density at radius 1 is 1.07 bits per heavy atom. The van der Waals surface area contributed by atoms with Crippen LogP contribution in [0.25, 0.3) is 22.5 Å². The van der Waals surface area contributed by atoms with Crippen molar-refractivity contribution < 1.29 is 36.7 Å². The molecule has 3 heterocycles. The van der Waals surface area contributed by atoms with Gasteiger partial charge in [-0.3, -0.25) is 0 Å². The number of thiazole rings is 1. The maximum absolute atomic E-state index is 13.1. The molecule has 1 aliphatic carbocycles. The van der Waals surface area contributed by atoms with Gasteiger partial charge in [-0.05, 0) is 63.8 Å². The van der Waals surface area contributed by atoms with E-state index in [1.165, 1.54) is 19.2 Å². The van der Waals surface area contributed by atoms with Gasteiger partial charge in [-0.25, -0.2) is 9.78 Å². The quantitative estimate of drug-likeness (QED) is 0.173. The van der Waals surface area contributed by atoms with E-state index < -0.39 is 6.36 Å². The number of rotatable bonds is 9. The maximum atomic E-state index is 13.1. The van der Waals surface area contributed by atoms with Gasteiger partial charge in [0.1, 0.15) is 17.2 Å². The molecule has 0 N–H and O–H groups in total. The lowest BCUT2D eigenvalue weighted by Gasteiger charge is -2.42. The molecule has 44 heavy (non-hydrogen) atoms. The van der Waals surface area contributed by atoms with Crippen molar-refractivity contribution in [2.24, 2.45) is 0 Å². The Kier molecular flexibility index (Phi) is 8.38. The molecule has 12 heteroatoms. The lowest BCUT2D eigenvalue weighted by molar-refractivity contribution is -0.274. The molecule has 4 aromatic rings. The fraction of sp³-hybridized carbons (Fsp3) is 0.406. The number of methoxy groups -OCH3 is 1. The van der Waals surface area contributed by atoms with Gasteiger partial charge in [0.2, 0.25) is 0 Å². The van der Waals surface area contributed by atoms with E-state index in [0.717, 1.165) is 42.1 Å². The highest BCUT2D eigenvalue weighted by Gasteiger charge is 2.37. The summed E-state index contributed by atoms with van der Waals surface area (Å²) in [6.45, 7) is 4.46. The maximum Gasteiger partial charge on any atom is 0.573 e. The first-order valence-corrected chi connectivity index (χ1v) is 15.4. The first kappa shape index (κ1) is 30.1. The van der Waals surface area contributed by atoms with Gasteiger partial charge in [0.15, 0.2) is 5.13 Å². The van der Waals surface area contributed by atoms with Crippen molar-refractivity contribution in [1.29, 1.82) is 0 Å². The number of para-hydroxylation sites is 1. The molecule has 1 aliphatic heterocycles. The molecule has 2 aromatic heterocycles. The lowest BCUT2D eigenvalue weighted by atomic mass is 9.95. The van der Waals surface area contributed by atoms with Crippen LogP contribution in [0.5, 0.6) is 5.75 Å². The van der Waals surface area contributed by atoms with E-state index in [9.17, 15) is 18.0 Å². The van der Waals surface area contributed by atoms with Crippen LogP contribution in [0.15, 0.2) is 58.4 Å². The predicted molar refractivity (Wildman–Crippen MR) is 159 cm³/mol. The monoisotopic (exact) mass is 627 g/mol. The molecule has 3 atom stereocenters. The van der Waals surface area contributed by atoms with Crippen LogP contribution in [0.2, 0.25) is 0 Å². The molecule has 0 radical (unpaired) electrons. The molecule has 0 spiro atoms. The van der Waals surface area contributed by atoms with E-state index in [1.807, 2.05) is 17.5 Å². The number of hydrogen-bond acceptors (Lipinski definition) is 9. The van der Waals surface area contributed by atoms with Crippen molar-refractivity contribution in [2.75, 3.05) is 12.0 Å². The molecule has 2 aromatic carbocycles. The fourth-order valence-corrected chi connectivity index (χ4v) is 6.90. The summed E-state index contributed by atoms with van der Waals surface area (Å²) in [4.78, 5) is 19.0. The van der Waals surface area contributed by atoms with Crippen molar-refractivity contribution in [1.82, 2.24) is 10.1 Å². The SMILES string of the molecule is COC(=O)c1ccc(-c2csc(N3[C@H](C)C[C@H](OCc4c(-c5ccccc5OC(F)(F)F)noc4C4CC4)C[C@@H]3C)n2)cc1. The van der Waals surface area contributed by atoms with Crippen molar-refractivity contribution in [3.8, 4) is 28.3 Å². The number of carbonyl (C=O) groups excluding carboxylic acids is 1. The number of hydrogen-bond donors (Lipinski definition) is 0. The smallest absolute Gasteiger partial charge is 0.465 e. The summed E-state index contributed by atoms with van der Waals surface area (Å²) < 4.78 is 60.6. The predicted octanol–water partition coefficient (Wildman–Crippen LogP) is 7.99. The molecule has 0 unspecified atom stereocenters. The Balaban J connectivity index is 1.15. The topological polar surface area (TPSA) is 86.9 Å². The van der Waals surface area contributed by atoms with E-state index in [-0.39, 0.29) is 48.0 Å². The Bertz CT molecular complexity index is 1600. The number of aromatic nitrogens is 2. The highest BCUT2D eigenvalue weighted by molar-refractivity contribution is 7.14. The summed E-state index contributed by atoms with van der Waals surface area (Å²) in [5.74, 6) is 0.165. The van der Waals surface area contributed by atoms with Crippen molar-refractivity contribution in [3.05, 3.63) is 70.8 Å². The third-order valence-corrected chi connectivity index (χ3v) is 8.92. The number of alkyl halides is 3. The minimum atomic E-state index is -4.83. The van der Waals surface area contributed by atoms with Crippen LogP contribution in [0, 0.1) is 0 Å². The second-order valence-electron chi connectivity index (χ2n) is 11.3. The second-order valence-corrected chi connectivity index (χ2v) is 12.1. The zero-order chi connectivity index (χ0) is 31.0. The summed E-state index contributed by atoms with van der Waals surface area (Å²) in [6.07, 6.45) is -1.51. The van der Waals surface area contributed by atoms with Crippen molar-refractivity contribution >= 4 is 22.4 Å². The molecule has 6 rings (SSSR count). The van der Waals surface area contributed by atoms with Gasteiger partial charge in [-0.1, -0.05) is 29.4 Å². The average Bonchev–Trinajstić information content (AvgIpc) is 3.57. The fourth-order valence-electron chi connectivity index (χ4n) is 5.86. The van der Waals surface area contributed by atoms with Gasteiger partial charge in [0.05, 0.1) is 31.1 Å². The van der Waals surface area contributed by atoms with Gasteiger partial charge in [0, 0.05) is 40.1 Å². The minimum Gasteiger partial charge on any atom is -0.465 e. The third kappa shape index (κ3) is 6.46. The Morgan fingerprint density at radius 2 is 1.77 bits per heavy atom. The van der Waals surface area contributed by atoms with E-state index in [2.05, 4.69) is 28.6 Å². The Morgan fingerprint density at radius 3 is 2.43 bits per heavy atom. The molecule has 2 aliphatic rings. The number of carbonyl (C=O) groups is 1. The highest BCUT2D eigenvalue weighted by atomic mass is 32.1.